The molecule has 1 aromatic carbocycles. The van der Waals surface area contributed by atoms with Crippen LogP contribution in [-0.2, 0) is 16.8 Å². The van der Waals surface area contributed by atoms with Crippen molar-refractivity contribution in [1.29, 1.82) is 0 Å². The Morgan fingerprint density at radius 2 is 2.04 bits per heavy atom. The molecule has 1 fully saturated rings. The van der Waals surface area contributed by atoms with E-state index in [0.717, 1.165) is 36.3 Å². The fourth-order valence-electron chi connectivity index (χ4n) is 3.85. The van der Waals surface area contributed by atoms with E-state index in [-0.39, 0.29) is 6.03 Å². The van der Waals surface area contributed by atoms with Gasteiger partial charge in [0.2, 0.25) is 0 Å². The predicted molar refractivity (Wildman–Crippen MR) is 98.7 cm³/mol. The van der Waals surface area contributed by atoms with Gasteiger partial charge in [-0.15, -0.1) is 0 Å². The number of aromatic nitrogens is 2. The molecule has 6 heteroatoms. The molecule has 0 radical (unpaired) electrons. The van der Waals surface area contributed by atoms with Crippen molar-refractivity contribution in [2.45, 2.75) is 31.8 Å². The van der Waals surface area contributed by atoms with Crippen LogP contribution in [0.5, 0.6) is 0 Å². The zero-order chi connectivity index (χ0) is 18.0. The molecular formula is C20H24N4O2. The highest BCUT2D eigenvalue weighted by Gasteiger charge is 2.43. The number of carbonyl (C=O) groups excluding carboxylic acids is 1. The van der Waals surface area contributed by atoms with Crippen molar-refractivity contribution in [3.8, 4) is 11.4 Å². The van der Waals surface area contributed by atoms with E-state index < -0.39 is 5.60 Å². The monoisotopic (exact) mass is 352 g/mol. The lowest BCUT2D eigenvalue weighted by atomic mass is 9.83. The summed E-state index contributed by atoms with van der Waals surface area (Å²) >= 11 is 0. The molecule has 0 bridgehead atoms. The molecule has 1 N–H and O–H groups in total. The maximum atomic E-state index is 12.1. The summed E-state index contributed by atoms with van der Waals surface area (Å²) < 4.78 is 6.26. The van der Waals surface area contributed by atoms with E-state index in [4.69, 9.17) is 9.72 Å². The number of amides is 2. The molecule has 26 heavy (non-hydrogen) atoms. The van der Waals surface area contributed by atoms with Gasteiger partial charge in [-0.1, -0.05) is 30.3 Å². The highest BCUT2D eigenvalue weighted by atomic mass is 16.5. The lowest BCUT2D eigenvalue weighted by molar-refractivity contribution is -0.0957. The number of benzene rings is 1. The molecule has 0 saturated carbocycles. The predicted octanol–water partition coefficient (Wildman–Crippen LogP) is 2.74. The fraction of sp³-hybridized carbons (Fsp3) is 0.450. The van der Waals surface area contributed by atoms with Crippen LogP contribution in [-0.4, -0.2) is 47.1 Å². The standard InChI is InChI=1S/C20H24N4O2/c1-2-21-19(25)24-11-9-20(10-12-24)17-16(8-13-26-20)14-22-18(23-17)15-6-4-3-5-7-15/h3-7,14H,2,8-13H2,1H3,(H,21,25). The minimum Gasteiger partial charge on any atom is -0.368 e. The molecule has 0 atom stereocenters. The Balaban J connectivity index is 1.62. The smallest absolute Gasteiger partial charge is 0.317 e. The average molecular weight is 352 g/mol. The van der Waals surface area contributed by atoms with E-state index in [1.807, 2.05) is 48.4 Å². The van der Waals surface area contributed by atoms with Gasteiger partial charge in [0.1, 0.15) is 5.60 Å². The van der Waals surface area contributed by atoms with Crippen LogP contribution < -0.4 is 5.32 Å². The van der Waals surface area contributed by atoms with Gasteiger partial charge in [-0.25, -0.2) is 14.8 Å². The summed E-state index contributed by atoms with van der Waals surface area (Å²) in [7, 11) is 0. The third-order valence-electron chi connectivity index (χ3n) is 5.26. The average Bonchev–Trinajstić information content (AvgIpc) is 2.69. The van der Waals surface area contributed by atoms with Crippen molar-refractivity contribution in [2.24, 2.45) is 0 Å². The van der Waals surface area contributed by atoms with Gasteiger partial charge >= 0.3 is 6.03 Å². The first-order valence-corrected chi connectivity index (χ1v) is 9.30. The van der Waals surface area contributed by atoms with Gasteiger partial charge in [0.25, 0.3) is 0 Å². The number of carbonyl (C=O) groups is 1. The Morgan fingerprint density at radius 1 is 1.27 bits per heavy atom. The first-order chi connectivity index (χ1) is 12.7. The van der Waals surface area contributed by atoms with Gasteiger partial charge in [0.05, 0.1) is 12.3 Å². The zero-order valence-corrected chi connectivity index (χ0v) is 15.1. The molecule has 0 aliphatic carbocycles. The number of nitrogens with zero attached hydrogens (tertiary/aromatic N) is 3. The van der Waals surface area contributed by atoms with Crippen LogP contribution in [0.25, 0.3) is 11.4 Å². The molecule has 1 aromatic heterocycles. The number of ether oxygens (including phenoxy) is 1. The first-order valence-electron chi connectivity index (χ1n) is 9.30. The number of likely N-dealkylation sites (tertiary alicyclic amines) is 1. The molecule has 4 rings (SSSR count). The molecule has 2 aliphatic heterocycles. The third kappa shape index (κ3) is 3.05. The van der Waals surface area contributed by atoms with Crippen LogP contribution in [0.4, 0.5) is 4.79 Å². The number of urea groups is 1. The van der Waals surface area contributed by atoms with Crippen LogP contribution in [0, 0.1) is 0 Å². The van der Waals surface area contributed by atoms with Gasteiger partial charge in [0, 0.05) is 31.4 Å². The summed E-state index contributed by atoms with van der Waals surface area (Å²) in [6, 6.07) is 10.0. The highest BCUT2D eigenvalue weighted by molar-refractivity contribution is 5.74. The molecule has 2 aromatic rings. The van der Waals surface area contributed by atoms with Crippen LogP contribution in [0.1, 0.15) is 31.0 Å². The number of piperidine rings is 1. The summed E-state index contributed by atoms with van der Waals surface area (Å²) in [5, 5.41) is 2.88. The largest absolute Gasteiger partial charge is 0.368 e. The maximum absolute atomic E-state index is 12.1. The minimum atomic E-state index is -0.400. The number of fused-ring (bicyclic) bond motifs is 2. The van der Waals surface area contributed by atoms with Crippen molar-refractivity contribution >= 4 is 6.03 Å². The van der Waals surface area contributed by atoms with Crippen LogP contribution in [0.15, 0.2) is 36.5 Å². The Labute approximate surface area is 153 Å². The minimum absolute atomic E-state index is 0.00560. The lowest BCUT2D eigenvalue weighted by Gasteiger charge is -2.44. The van der Waals surface area contributed by atoms with Crippen molar-refractivity contribution < 1.29 is 9.53 Å². The molecular weight excluding hydrogens is 328 g/mol. The topological polar surface area (TPSA) is 67.4 Å². The molecule has 136 valence electrons. The van der Waals surface area contributed by atoms with Crippen molar-refractivity contribution in [3.05, 3.63) is 47.8 Å². The van der Waals surface area contributed by atoms with Crippen LogP contribution >= 0.6 is 0 Å². The Bertz CT molecular complexity index is 786. The quantitative estimate of drug-likeness (QED) is 0.902. The second-order valence-corrected chi connectivity index (χ2v) is 6.85. The van der Waals surface area contributed by atoms with Crippen molar-refractivity contribution in [1.82, 2.24) is 20.2 Å². The molecule has 1 saturated heterocycles. The van der Waals surface area contributed by atoms with Gasteiger partial charge in [-0.3, -0.25) is 0 Å². The second-order valence-electron chi connectivity index (χ2n) is 6.85. The summed E-state index contributed by atoms with van der Waals surface area (Å²) in [4.78, 5) is 23.4. The van der Waals surface area contributed by atoms with E-state index >= 15 is 0 Å². The number of hydrogen-bond donors (Lipinski definition) is 1. The number of hydrogen-bond acceptors (Lipinski definition) is 4. The molecule has 6 nitrogen and oxygen atoms in total. The normalized spacial score (nSPS) is 18.4. The van der Waals surface area contributed by atoms with E-state index in [9.17, 15) is 4.79 Å². The number of nitrogens with one attached hydrogen (secondary N) is 1. The van der Waals surface area contributed by atoms with Gasteiger partial charge < -0.3 is 15.0 Å². The maximum Gasteiger partial charge on any atom is 0.317 e. The molecule has 0 unspecified atom stereocenters. The second kappa shape index (κ2) is 7.03. The summed E-state index contributed by atoms with van der Waals surface area (Å²) in [6.07, 6.45) is 4.32. The van der Waals surface area contributed by atoms with E-state index in [1.165, 1.54) is 5.56 Å². The Kier molecular flexibility index (Phi) is 4.59. The van der Waals surface area contributed by atoms with Gasteiger partial charge in [0.15, 0.2) is 5.82 Å². The SMILES string of the molecule is CCNC(=O)N1CCC2(CC1)OCCc1cnc(-c3ccccc3)nc12. The van der Waals surface area contributed by atoms with E-state index in [1.54, 1.807) is 0 Å². The Morgan fingerprint density at radius 3 is 2.77 bits per heavy atom. The van der Waals surface area contributed by atoms with E-state index in [2.05, 4.69) is 10.3 Å². The third-order valence-corrected chi connectivity index (χ3v) is 5.26. The van der Waals surface area contributed by atoms with Crippen molar-refractivity contribution in [3.63, 3.8) is 0 Å². The fourth-order valence-corrected chi connectivity index (χ4v) is 3.85. The van der Waals surface area contributed by atoms with Crippen LogP contribution in [0.3, 0.4) is 0 Å². The number of rotatable bonds is 2. The zero-order valence-electron chi connectivity index (χ0n) is 15.1. The highest BCUT2D eigenvalue weighted by Crippen LogP contribution is 2.40. The van der Waals surface area contributed by atoms with E-state index in [0.29, 0.717) is 26.2 Å². The summed E-state index contributed by atoms with van der Waals surface area (Å²) in [5.41, 5.74) is 2.79. The molecule has 2 amide bonds. The van der Waals surface area contributed by atoms with Gasteiger partial charge in [-0.05, 0) is 31.7 Å². The van der Waals surface area contributed by atoms with Crippen LogP contribution in [0.2, 0.25) is 0 Å². The van der Waals surface area contributed by atoms with Gasteiger partial charge in [-0.2, -0.15) is 0 Å². The first kappa shape index (κ1) is 17.0. The molecule has 1 spiro atoms. The summed E-state index contributed by atoms with van der Waals surface area (Å²) in [5.74, 6) is 0.736. The lowest BCUT2D eigenvalue weighted by Crippen LogP contribution is -2.51. The molecule has 3 heterocycles. The Hall–Kier alpha value is -2.47. The van der Waals surface area contributed by atoms with Crippen molar-refractivity contribution in [2.75, 3.05) is 26.2 Å². The summed E-state index contributed by atoms with van der Waals surface area (Å²) in [6.45, 7) is 4.62. The molecule has 2 aliphatic rings.